The van der Waals surface area contributed by atoms with E-state index >= 15 is 0 Å². The lowest BCUT2D eigenvalue weighted by atomic mass is 10.1. The number of para-hydroxylation sites is 1. The minimum absolute atomic E-state index is 0.144. The van der Waals surface area contributed by atoms with Crippen LogP contribution in [0, 0.1) is 6.92 Å². The van der Waals surface area contributed by atoms with Crippen molar-refractivity contribution in [2.24, 2.45) is 0 Å². The molecule has 1 aromatic heterocycles. The van der Waals surface area contributed by atoms with E-state index in [-0.39, 0.29) is 18.2 Å². The summed E-state index contributed by atoms with van der Waals surface area (Å²) in [6.45, 7) is 2.54. The predicted molar refractivity (Wildman–Crippen MR) is 144 cm³/mol. The number of thiazole rings is 1. The van der Waals surface area contributed by atoms with Gasteiger partial charge in [-0.1, -0.05) is 48.0 Å². The Balaban J connectivity index is 1.40. The number of methoxy groups -OCH3 is 1. The molecule has 1 aliphatic rings. The molecule has 0 bridgehead atoms. The van der Waals surface area contributed by atoms with Gasteiger partial charge in [0, 0.05) is 40.2 Å². The molecule has 0 aliphatic carbocycles. The van der Waals surface area contributed by atoms with Gasteiger partial charge in [0.05, 0.1) is 35.5 Å². The molecule has 36 heavy (non-hydrogen) atoms. The van der Waals surface area contributed by atoms with Crippen molar-refractivity contribution in [2.45, 2.75) is 19.8 Å². The lowest BCUT2D eigenvalue weighted by Gasteiger charge is -2.24. The lowest BCUT2D eigenvalue weighted by molar-refractivity contribution is -0.115. The smallest absolute Gasteiger partial charge is 0.262 e. The number of carbonyl (C=O) groups is 2. The van der Waals surface area contributed by atoms with Crippen LogP contribution in [0.1, 0.15) is 25.8 Å². The molecule has 8 heteroatoms. The molecule has 6 nitrogen and oxygen atoms in total. The molecule has 2 amide bonds. The van der Waals surface area contributed by atoms with Crippen LogP contribution in [0.25, 0.3) is 11.3 Å². The Morgan fingerprint density at radius 1 is 1.11 bits per heavy atom. The van der Waals surface area contributed by atoms with Crippen LogP contribution in [-0.4, -0.2) is 30.5 Å². The molecule has 4 aromatic rings. The third kappa shape index (κ3) is 4.72. The molecule has 0 saturated heterocycles. The fourth-order valence-corrected chi connectivity index (χ4v) is 5.56. The molecule has 0 unspecified atom stereocenters. The summed E-state index contributed by atoms with van der Waals surface area (Å²) in [6, 6.07) is 20.2. The first-order chi connectivity index (χ1) is 17.4. The van der Waals surface area contributed by atoms with Crippen molar-refractivity contribution in [3.63, 3.8) is 0 Å². The van der Waals surface area contributed by atoms with Gasteiger partial charge in [0.15, 0.2) is 0 Å². The summed E-state index contributed by atoms with van der Waals surface area (Å²) in [6.07, 6.45) is 0.866. The number of amides is 2. The maximum Gasteiger partial charge on any atom is 0.262 e. The second kappa shape index (κ2) is 10.1. The summed E-state index contributed by atoms with van der Waals surface area (Å²) in [5.74, 6) is 0.0146. The van der Waals surface area contributed by atoms with Gasteiger partial charge in [-0.05, 0) is 36.8 Å². The third-order valence-electron chi connectivity index (χ3n) is 6.09. The Kier molecular flexibility index (Phi) is 6.76. The van der Waals surface area contributed by atoms with E-state index in [2.05, 4.69) is 5.32 Å². The van der Waals surface area contributed by atoms with Crippen molar-refractivity contribution in [1.29, 1.82) is 0 Å². The Morgan fingerprint density at radius 3 is 2.69 bits per heavy atom. The average Bonchev–Trinajstić information content (AvgIpc) is 3.18. The SMILES string of the molecule is COc1cc(NC(=O)Cc2ccccc2Cl)ccc1C(=O)N1CCc2sc(C)nc2-c2ccccc21. The van der Waals surface area contributed by atoms with Crippen LogP contribution < -0.4 is 15.0 Å². The van der Waals surface area contributed by atoms with Gasteiger partial charge in [0.25, 0.3) is 5.91 Å². The van der Waals surface area contributed by atoms with Gasteiger partial charge in [-0.3, -0.25) is 9.59 Å². The highest BCUT2D eigenvalue weighted by molar-refractivity contribution is 7.12. The van der Waals surface area contributed by atoms with Crippen LogP contribution in [0.5, 0.6) is 5.75 Å². The molecular weight excluding hydrogens is 494 g/mol. The van der Waals surface area contributed by atoms with Gasteiger partial charge in [0.2, 0.25) is 5.91 Å². The third-order valence-corrected chi connectivity index (χ3v) is 7.49. The maximum absolute atomic E-state index is 13.8. The van der Waals surface area contributed by atoms with E-state index in [1.807, 2.05) is 49.4 Å². The molecule has 2 heterocycles. The van der Waals surface area contributed by atoms with E-state index < -0.39 is 0 Å². The molecule has 0 atom stereocenters. The van der Waals surface area contributed by atoms with Crippen LogP contribution in [0.2, 0.25) is 5.02 Å². The number of aryl methyl sites for hydroxylation is 1. The first-order valence-corrected chi connectivity index (χ1v) is 12.7. The number of fused-ring (bicyclic) bond motifs is 3. The zero-order valence-electron chi connectivity index (χ0n) is 19.9. The molecule has 182 valence electrons. The Bertz CT molecular complexity index is 1470. The van der Waals surface area contributed by atoms with Crippen molar-refractivity contribution in [3.05, 3.63) is 92.8 Å². The highest BCUT2D eigenvalue weighted by atomic mass is 35.5. The largest absolute Gasteiger partial charge is 0.496 e. The van der Waals surface area contributed by atoms with Crippen LogP contribution >= 0.6 is 22.9 Å². The standard InChI is InChI=1S/C28H24ClN3O3S/c1-17-30-27-20-8-4-6-10-23(20)32(14-13-25(27)36-17)28(34)21-12-11-19(16-24(21)35-2)31-26(33)15-18-7-3-5-9-22(18)29/h3-12,16H,13-15H2,1-2H3,(H,31,33). The van der Waals surface area contributed by atoms with Crippen LogP contribution in [-0.2, 0) is 17.6 Å². The number of aromatic nitrogens is 1. The highest BCUT2D eigenvalue weighted by Gasteiger charge is 2.28. The fourth-order valence-electron chi connectivity index (χ4n) is 4.41. The quantitative estimate of drug-likeness (QED) is 0.344. The summed E-state index contributed by atoms with van der Waals surface area (Å²) < 4.78 is 5.57. The number of hydrogen-bond acceptors (Lipinski definition) is 5. The minimum atomic E-state index is -0.209. The number of hydrogen-bond donors (Lipinski definition) is 1. The normalized spacial score (nSPS) is 12.4. The molecule has 0 radical (unpaired) electrons. The average molecular weight is 518 g/mol. The zero-order chi connectivity index (χ0) is 25.2. The van der Waals surface area contributed by atoms with Crippen LogP contribution in [0.3, 0.4) is 0 Å². The minimum Gasteiger partial charge on any atom is -0.496 e. The van der Waals surface area contributed by atoms with E-state index in [4.69, 9.17) is 21.3 Å². The molecular formula is C28H24ClN3O3S. The summed E-state index contributed by atoms with van der Waals surface area (Å²) in [7, 11) is 1.52. The molecule has 0 fully saturated rings. The summed E-state index contributed by atoms with van der Waals surface area (Å²) in [5.41, 5.74) is 4.43. The topological polar surface area (TPSA) is 71.5 Å². The van der Waals surface area contributed by atoms with Gasteiger partial charge in [-0.25, -0.2) is 4.98 Å². The van der Waals surface area contributed by atoms with E-state index in [0.29, 0.717) is 28.6 Å². The van der Waals surface area contributed by atoms with Gasteiger partial charge in [0.1, 0.15) is 5.75 Å². The Labute approximate surface area is 218 Å². The van der Waals surface area contributed by atoms with Crippen molar-refractivity contribution < 1.29 is 14.3 Å². The van der Waals surface area contributed by atoms with Gasteiger partial charge in [-0.15, -0.1) is 11.3 Å². The van der Waals surface area contributed by atoms with E-state index in [1.54, 1.807) is 40.5 Å². The first-order valence-electron chi connectivity index (χ1n) is 11.5. The Morgan fingerprint density at radius 2 is 1.89 bits per heavy atom. The van der Waals surface area contributed by atoms with Crippen molar-refractivity contribution in [2.75, 3.05) is 23.9 Å². The van der Waals surface area contributed by atoms with E-state index in [9.17, 15) is 9.59 Å². The maximum atomic E-state index is 13.8. The summed E-state index contributed by atoms with van der Waals surface area (Å²) in [5, 5.41) is 4.43. The second-order valence-electron chi connectivity index (χ2n) is 8.46. The van der Waals surface area contributed by atoms with Gasteiger partial charge >= 0.3 is 0 Å². The molecule has 0 spiro atoms. The first kappa shape index (κ1) is 24.0. The van der Waals surface area contributed by atoms with Gasteiger partial charge in [-0.2, -0.15) is 0 Å². The van der Waals surface area contributed by atoms with Crippen LogP contribution in [0.4, 0.5) is 11.4 Å². The van der Waals surface area contributed by atoms with Crippen molar-refractivity contribution in [3.8, 4) is 17.0 Å². The number of rotatable bonds is 5. The molecule has 0 saturated carbocycles. The number of carbonyl (C=O) groups excluding carboxylic acids is 2. The highest BCUT2D eigenvalue weighted by Crippen LogP contribution is 2.39. The lowest BCUT2D eigenvalue weighted by Crippen LogP contribution is -2.32. The monoisotopic (exact) mass is 517 g/mol. The predicted octanol–water partition coefficient (Wildman–Crippen LogP) is 6.16. The summed E-state index contributed by atoms with van der Waals surface area (Å²) in [4.78, 5) is 34.1. The number of anilines is 2. The van der Waals surface area contributed by atoms with Gasteiger partial charge < -0.3 is 15.0 Å². The zero-order valence-corrected chi connectivity index (χ0v) is 21.4. The molecule has 3 aromatic carbocycles. The second-order valence-corrected chi connectivity index (χ2v) is 10.2. The number of ether oxygens (including phenoxy) is 1. The molecule has 5 rings (SSSR count). The fraction of sp³-hybridized carbons (Fsp3) is 0.179. The number of nitrogens with zero attached hydrogens (tertiary/aromatic N) is 2. The van der Waals surface area contributed by atoms with Crippen LogP contribution in [0.15, 0.2) is 66.7 Å². The van der Waals surface area contributed by atoms with Crippen molar-refractivity contribution in [1.82, 2.24) is 4.98 Å². The summed E-state index contributed by atoms with van der Waals surface area (Å²) >= 11 is 7.85. The molecule has 1 aliphatic heterocycles. The van der Waals surface area contributed by atoms with Crippen molar-refractivity contribution >= 4 is 46.1 Å². The number of nitrogens with one attached hydrogen (secondary N) is 1. The number of benzene rings is 3. The number of halogens is 1. The Hall–Kier alpha value is -3.68. The molecule has 1 N–H and O–H groups in total. The van der Waals surface area contributed by atoms with E-state index in [0.717, 1.165) is 33.9 Å². The van der Waals surface area contributed by atoms with E-state index in [1.165, 1.54) is 12.0 Å².